The van der Waals surface area contributed by atoms with E-state index in [0.717, 1.165) is 8.95 Å². The molecule has 1 aliphatic carbocycles. The second-order valence-corrected chi connectivity index (χ2v) is 12.3. The zero-order valence-corrected chi connectivity index (χ0v) is 25.2. The summed E-state index contributed by atoms with van der Waals surface area (Å²) in [6.07, 6.45) is 0. The predicted molar refractivity (Wildman–Crippen MR) is 175 cm³/mol. The highest BCUT2D eigenvalue weighted by Gasteiger charge is 2.47. The minimum Gasteiger partial charge on any atom is -0.0622 e. The van der Waals surface area contributed by atoms with Crippen LogP contribution in [0.5, 0.6) is 0 Å². The van der Waals surface area contributed by atoms with E-state index in [1.165, 1.54) is 61.2 Å². The number of aryl methyl sites for hydroxylation is 1. The van der Waals surface area contributed by atoms with Crippen molar-refractivity contribution in [2.75, 3.05) is 0 Å². The summed E-state index contributed by atoms with van der Waals surface area (Å²) >= 11 is 7.58. The van der Waals surface area contributed by atoms with Crippen LogP contribution in [0, 0.1) is 6.92 Å². The Hall–Kier alpha value is -3.72. The molecule has 0 bridgehead atoms. The van der Waals surface area contributed by atoms with Gasteiger partial charge in [-0.05, 0) is 86.8 Å². The molecule has 1 aliphatic rings. The molecular formula is C38H26Br2. The molecule has 0 spiro atoms. The number of halogens is 2. The van der Waals surface area contributed by atoms with Crippen molar-refractivity contribution in [3.05, 3.63) is 176 Å². The Morgan fingerprint density at radius 3 is 1.73 bits per heavy atom. The van der Waals surface area contributed by atoms with E-state index in [1.54, 1.807) is 0 Å². The second-order valence-electron chi connectivity index (χ2n) is 10.5. The highest BCUT2D eigenvalue weighted by atomic mass is 79.9. The molecule has 0 fully saturated rings. The minimum atomic E-state index is -0.469. The third-order valence-corrected chi connectivity index (χ3v) is 9.12. The first-order chi connectivity index (χ1) is 19.6. The van der Waals surface area contributed by atoms with Gasteiger partial charge in [0.1, 0.15) is 0 Å². The summed E-state index contributed by atoms with van der Waals surface area (Å²) in [6, 6.07) is 51.0. The van der Waals surface area contributed by atoms with Crippen molar-refractivity contribution in [2.24, 2.45) is 0 Å². The van der Waals surface area contributed by atoms with Crippen LogP contribution in [0.1, 0.15) is 27.8 Å². The topological polar surface area (TPSA) is 0 Å². The summed E-state index contributed by atoms with van der Waals surface area (Å²) in [6.45, 7) is 2.19. The lowest BCUT2D eigenvalue weighted by Gasteiger charge is -2.34. The van der Waals surface area contributed by atoms with Gasteiger partial charge >= 0.3 is 0 Å². The van der Waals surface area contributed by atoms with Gasteiger partial charge in [-0.1, -0.05) is 153 Å². The summed E-state index contributed by atoms with van der Waals surface area (Å²) < 4.78 is 2.15. The summed E-state index contributed by atoms with van der Waals surface area (Å²) in [4.78, 5) is 0. The Morgan fingerprint density at radius 1 is 0.450 bits per heavy atom. The average molecular weight is 642 g/mol. The second kappa shape index (κ2) is 10.0. The standard InChI is InChI=1S/C38H26Br2/c1-25-20-21-35-34(22-25)37-33(32-17-6-5-16-31(32)26-10-3-2-4-11-26)18-9-19-36(37)38(35,27-12-7-14-29(39)23-27)28-13-8-15-30(40)24-28/h2-24H,1H3. The van der Waals surface area contributed by atoms with Gasteiger partial charge in [0.25, 0.3) is 0 Å². The van der Waals surface area contributed by atoms with Crippen LogP contribution in [0.25, 0.3) is 33.4 Å². The van der Waals surface area contributed by atoms with Crippen LogP contribution in [0.15, 0.2) is 148 Å². The zero-order chi connectivity index (χ0) is 27.3. The van der Waals surface area contributed by atoms with Crippen LogP contribution >= 0.6 is 31.9 Å². The summed E-state index contributed by atoms with van der Waals surface area (Å²) in [7, 11) is 0. The van der Waals surface area contributed by atoms with Gasteiger partial charge in [0.2, 0.25) is 0 Å². The molecule has 0 saturated carbocycles. The molecule has 40 heavy (non-hydrogen) atoms. The van der Waals surface area contributed by atoms with Crippen LogP contribution in [0.4, 0.5) is 0 Å². The fourth-order valence-electron chi connectivity index (χ4n) is 6.54. The van der Waals surface area contributed by atoms with Gasteiger partial charge in [-0.15, -0.1) is 0 Å². The van der Waals surface area contributed by atoms with E-state index in [9.17, 15) is 0 Å². The number of hydrogen-bond acceptors (Lipinski definition) is 0. The first-order valence-electron chi connectivity index (χ1n) is 13.5. The van der Waals surface area contributed by atoms with Crippen LogP contribution in [0.3, 0.4) is 0 Å². The van der Waals surface area contributed by atoms with Crippen LogP contribution < -0.4 is 0 Å². The maximum Gasteiger partial charge on any atom is 0.0714 e. The van der Waals surface area contributed by atoms with Crippen LogP contribution in [-0.2, 0) is 5.41 Å². The summed E-state index contributed by atoms with van der Waals surface area (Å²) in [5.41, 5.74) is 13.5. The molecule has 192 valence electrons. The van der Waals surface area contributed by atoms with Gasteiger partial charge in [0.15, 0.2) is 0 Å². The molecule has 6 aromatic carbocycles. The number of hydrogen-bond donors (Lipinski definition) is 0. The highest BCUT2D eigenvalue weighted by Crippen LogP contribution is 2.59. The minimum absolute atomic E-state index is 0.469. The first-order valence-corrected chi connectivity index (χ1v) is 15.1. The molecule has 0 N–H and O–H groups in total. The predicted octanol–water partition coefficient (Wildman–Crippen LogP) is 11.2. The molecule has 0 nitrogen and oxygen atoms in total. The fraction of sp³-hybridized carbons (Fsp3) is 0.0526. The van der Waals surface area contributed by atoms with Crippen molar-refractivity contribution in [3.8, 4) is 33.4 Å². The Morgan fingerprint density at radius 2 is 1.05 bits per heavy atom. The lowest BCUT2D eigenvalue weighted by atomic mass is 9.67. The molecule has 7 rings (SSSR count). The molecule has 0 aliphatic heterocycles. The first kappa shape index (κ1) is 25.3. The Balaban J connectivity index is 1.63. The molecule has 0 atom stereocenters. The third-order valence-electron chi connectivity index (χ3n) is 8.13. The molecule has 0 saturated heterocycles. The smallest absolute Gasteiger partial charge is 0.0622 e. The zero-order valence-electron chi connectivity index (χ0n) is 22.0. The van der Waals surface area contributed by atoms with Gasteiger partial charge in [0.05, 0.1) is 5.41 Å². The number of fused-ring (bicyclic) bond motifs is 3. The van der Waals surface area contributed by atoms with E-state index in [0.29, 0.717) is 0 Å². The summed E-state index contributed by atoms with van der Waals surface area (Å²) in [5, 5.41) is 0. The molecule has 2 heteroatoms. The van der Waals surface area contributed by atoms with Gasteiger partial charge in [-0.3, -0.25) is 0 Å². The van der Waals surface area contributed by atoms with Crippen molar-refractivity contribution in [2.45, 2.75) is 12.3 Å². The maximum absolute atomic E-state index is 3.79. The Bertz CT molecular complexity index is 1840. The van der Waals surface area contributed by atoms with Crippen molar-refractivity contribution in [1.82, 2.24) is 0 Å². The number of benzene rings is 6. The van der Waals surface area contributed by atoms with Gasteiger partial charge in [-0.2, -0.15) is 0 Å². The lowest BCUT2D eigenvalue weighted by Crippen LogP contribution is -2.28. The fourth-order valence-corrected chi connectivity index (χ4v) is 7.33. The highest BCUT2D eigenvalue weighted by molar-refractivity contribution is 9.10. The van der Waals surface area contributed by atoms with Crippen molar-refractivity contribution >= 4 is 31.9 Å². The SMILES string of the molecule is Cc1ccc2c(c1)-c1c(-c3ccccc3-c3ccccc3)cccc1C2(c1cccc(Br)c1)c1cccc(Br)c1. The lowest BCUT2D eigenvalue weighted by molar-refractivity contribution is 0.767. The van der Waals surface area contributed by atoms with Gasteiger partial charge in [-0.25, -0.2) is 0 Å². The monoisotopic (exact) mass is 640 g/mol. The number of rotatable bonds is 4. The molecular weight excluding hydrogens is 616 g/mol. The van der Waals surface area contributed by atoms with Crippen molar-refractivity contribution in [1.29, 1.82) is 0 Å². The van der Waals surface area contributed by atoms with E-state index in [4.69, 9.17) is 0 Å². The maximum atomic E-state index is 3.79. The van der Waals surface area contributed by atoms with Crippen molar-refractivity contribution in [3.63, 3.8) is 0 Å². The normalized spacial score (nSPS) is 13.1. The van der Waals surface area contributed by atoms with E-state index >= 15 is 0 Å². The molecule has 6 aromatic rings. The molecule has 0 amide bonds. The molecule has 0 radical (unpaired) electrons. The van der Waals surface area contributed by atoms with Gasteiger partial charge in [0, 0.05) is 8.95 Å². The molecule has 0 heterocycles. The quantitative estimate of drug-likeness (QED) is 0.179. The average Bonchev–Trinajstić information content (AvgIpc) is 3.28. The van der Waals surface area contributed by atoms with Crippen molar-refractivity contribution < 1.29 is 0 Å². The summed E-state index contributed by atoms with van der Waals surface area (Å²) in [5.74, 6) is 0. The van der Waals surface area contributed by atoms with E-state index in [-0.39, 0.29) is 0 Å². The van der Waals surface area contributed by atoms with E-state index < -0.39 is 5.41 Å². The third kappa shape index (κ3) is 3.93. The van der Waals surface area contributed by atoms with Gasteiger partial charge < -0.3 is 0 Å². The van der Waals surface area contributed by atoms with E-state index in [2.05, 4.69) is 178 Å². The Kier molecular flexibility index (Phi) is 6.34. The molecule has 0 unspecified atom stereocenters. The van der Waals surface area contributed by atoms with Crippen LogP contribution in [-0.4, -0.2) is 0 Å². The largest absolute Gasteiger partial charge is 0.0714 e. The Labute approximate surface area is 252 Å². The van der Waals surface area contributed by atoms with Crippen LogP contribution in [0.2, 0.25) is 0 Å². The molecule has 0 aromatic heterocycles. The van der Waals surface area contributed by atoms with E-state index in [1.807, 2.05) is 0 Å².